The average molecular weight is 209 g/mol. The Balaban J connectivity index is 2.43. The van der Waals surface area contributed by atoms with E-state index < -0.39 is 0 Å². The van der Waals surface area contributed by atoms with E-state index in [-0.39, 0.29) is 0 Å². The first-order valence-electron chi connectivity index (χ1n) is 5.16. The maximum Gasteiger partial charge on any atom is 0.0273 e. The van der Waals surface area contributed by atoms with Crippen molar-refractivity contribution in [3.8, 4) is 0 Å². The summed E-state index contributed by atoms with van der Waals surface area (Å²) < 4.78 is 0. The summed E-state index contributed by atoms with van der Waals surface area (Å²) in [6.45, 7) is 8.62. The van der Waals surface area contributed by atoms with Crippen LogP contribution in [0.3, 0.4) is 0 Å². The van der Waals surface area contributed by atoms with Crippen LogP contribution < -0.4 is 5.32 Å². The van der Waals surface area contributed by atoms with Crippen molar-refractivity contribution in [1.29, 1.82) is 0 Å². The van der Waals surface area contributed by atoms with Gasteiger partial charge in [0.05, 0.1) is 0 Å². The zero-order valence-electron chi connectivity index (χ0n) is 9.26. The first kappa shape index (κ1) is 11.5. The molecule has 0 radical (unpaired) electrons. The fourth-order valence-electron chi connectivity index (χ4n) is 1.29. The Morgan fingerprint density at radius 3 is 2.86 bits per heavy atom. The van der Waals surface area contributed by atoms with Gasteiger partial charge in [0.2, 0.25) is 0 Å². The Morgan fingerprint density at radius 1 is 1.50 bits per heavy atom. The van der Waals surface area contributed by atoms with E-state index >= 15 is 0 Å². The molecule has 14 heavy (non-hydrogen) atoms. The normalized spacial score (nSPS) is 12.1. The Morgan fingerprint density at radius 2 is 2.29 bits per heavy atom. The maximum absolute atomic E-state index is 3.40. The van der Waals surface area contributed by atoms with Gasteiger partial charge in [0.25, 0.3) is 0 Å². The minimum atomic E-state index is 1.00. The lowest BCUT2D eigenvalue weighted by Gasteiger charge is -2.02. The molecule has 0 aliphatic rings. The predicted octanol–water partition coefficient (Wildman–Crippen LogP) is 3.46. The molecule has 0 aromatic carbocycles. The molecule has 1 N–H and O–H groups in total. The second-order valence-corrected chi connectivity index (χ2v) is 4.94. The molecular weight excluding hydrogens is 190 g/mol. The molecule has 1 aromatic rings. The molecule has 1 aromatic heterocycles. The number of aryl methyl sites for hydroxylation is 1. The third-order valence-corrected chi connectivity index (χ3v) is 2.93. The van der Waals surface area contributed by atoms with Gasteiger partial charge < -0.3 is 5.32 Å². The molecule has 0 amide bonds. The average Bonchev–Trinajstić information content (AvgIpc) is 2.52. The topological polar surface area (TPSA) is 12.0 Å². The zero-order valence-corrected chi connectivity index (χ0v) is 10.1. The van der Waals surface area contributed by atoms with E-state index in [9.17, 15) is 0 Å². The van der Waals surface area contributed by atoms with Crippen LogP contribution in [0.5, 0.6) is 0 Å². The molecule has 78 valence electrons. The largest absolute Gasteiger partial charge is 0.313 e. The first-order valence-corrected chi connectivity index (χ1v) is 5.98. The lowest BCUT2D eigenvalue weighted by Crippen LogP contribution is -2.16. The van der Waals surface area contributed by atoms with Crippen LogP contribution in [0.25, 0.3) is 6.08 Å². The lowest BCUT2D eigenvalue weighted by molar-refractivity contribution is 0.715. The Kier molecular flexibility index (Phi) is 4.91. The third kappa shape index (κ3) is 4.07. The van der Waals surface area contributed by atoms with E-state index in [0.29, 0.717) is 0 Å². The van der Waals surface area contributed by atoms with Crippen molar-refractivity contribution >= 4 is 17.4 Å². The summed E-state index contributed by atoms with van der Waals surface area (Å²) in [4.78, 5) is 2.74. The zero-order chi connectivity index (χ0) is 10.4. The van der Waals surface area contributed by atoms with E-state index in [1.165, 1.54) is 21.7 Å². The predicted molar refractivity (Wildman–Crippen MR) is 65.9 cm³/mol. The van der Waals surface area contributed by atoms with Crippen LogP contribution in [0.1, 0.15) is 30.0 Å². The van der Waals surface area contributed by atoms with Gasteiger partial charge in [-0.2, -0.15) is 0 Å². The van der Waals surface area contributed by atoms with Gasteiger partial charge in [-0.25, -0.2) is 0 Å². The molecule has 1 nitrogen and oxygen atoms in total. The van der Waals surface area contributed by atoms with Crippen LogP contribution in [-0.2, 0) is 0 Å². The van der Waals surface area contributed by atoms with Gasteiger partial charge in [0.1, 0.15) is 0 Å². The summed E-state index contributed by atoms with van der Waals surface area (Å²) in [5, 5.41) is 3.40. The van der Waals surface area contributed by atoms with E-state index in [2.05, 4.69) is 44.3 Å². The number of rotatable bonds is 5. The van der Waals surface area contributed by atoms with Crippen molar-refractivity contribution in [2.24, 2.45) is 0 Å². The lowest BCUT2D eigenvalue weighted by atomic mass is 10.2. The molecule has 0 fully saturated rings. The minimum Gasteiger partial charge on any atom is -0.313 e. The first-order chi connectivity index (χ1) is 6.72. The van der Waals surface area contributed by atoms with Crippen LogP contribution in [0.4, 0.5) is 0 Å². The van der Waals surface area contributed by atoms with Crippen molar-refractivity contribution in [2.75, 3.05) is 13.1 Å². The van der Waals surface area contributed by atoms with Gasteiger partial charge in [-0.15, -0.1) is 11.3 Å². The standard InChI is InChI=1S/C12H19NS/c1-4-7-13-9-10(2)8-12-6-5-11(3)14-12/h5-6,8,13H,4,7,9H2,1-3H3. The molecule has 0 unspecified atom stereocenters. The molecule has 0 saturated heterocycles. The van der Waals surface area contributed by atoms with Crippen molar-refractivity contribution < 1.29 is 0 Å². The third-order valence-electron chi connectivity index (χ3n) is 1.98. The van der Waals surface area contributed by atoms with Gasteiger partial charge in [-0.05, 0) is 45.0 Å². The van der Waals surface area contributed by atoms with Crippen LogP contribution in [0.2, 0.25) is 0 Å². The number of nitrogens with one attached hydrogen (secondary N) is 1. The van der Waals surface area contributed by atoms with Crippen LogP contribution in [-0.4, -0.2) is 13.1 Å². The summed E-state index contributed by atoms with van der Waals surface area (Å²) >= 11 is 1.85. The van der Waals surface area contributed by atoms with Crippen molar-refractivity contribution in [1.82, 2.24) is 5.32 Å². The van der Waals surface area contributed by atoms with Gasteiger partial charge >= 0.3 is 0 Å². The fraction of sp³-hybridized carbons (Fsp3) is 0.500. The van der Waals surface area contributed by atoms with E-state index in [1.54, 1.807) is 0 Å². The summed E-state index contributed by atoms with van der Waals surface area (Å²) in [7, 11) is 0. The van der Waals surface area contributed by atoms with E-state index in [1.807, 2.05) is 11.3 Å². The highest BCUT2D eigenvalue weighted by atomic mass is 32.1. The molecule has 0 atom stereocenters. The van der Waals surface area contributed by atoms with Gasteiger partial charge in [-0.3, -0.25) is 0 Å². The van der Waals surface area contributed by atoms with Crippen molar-refractivity contribution in [3.63, 3.8) is 0 Å². The van der Waals surface area contributed by atoms with Crippen LogP contribution >= 0.6 is 11.3 Å². The highest BCUT2D eigenvalue weighted by molar-refractivity contribution is 7.12. The Hall–Kier alpha value is -0.600. The Labute approximate surface area is 90.9 Å². The van der Waals surface area contributed by atoms with Crippen LogP contribution in [0, 0.1) is 6.92 Å². The number of hydrogen-bond acceptors (Lipinski definition) is 2. The quantitative estimate of drug-likeness (QED) is 0.732. The molecule has 1 heterocycles. The monoisotopic (exact) mass is 209 g/mol. The molecule has 0 spiro atoms. The summed E-state index contributed by atoms with van der Waals surface area (Å²) in [6, 6.07) is 4.35. The molecular formula is C12H19NS. The highest BCUT2D eigenvalue weighted by Gasteiger charge is 1.94. The van der Waals surface area contributed by atoms with Gasteiger partial charge in [-0.1, -0.05) is 12.5 Å². The van der Waals surface area contributed by atoms with Gasteiger partial charge in [0.15, 0.2) is 0 Å². The second kappa shape index (κ2) is 5.99. The summed E-state index contributed by atoms with van der Waals surface area (Å²) in [5.74, 6) is 0. The van der Waals surface area contributed by atoms with Crippen molar-refractivity contribution in [2.45, 2.75) is 27.2 Å². The molecule has 0 aliphatic carbocycles. The molecule has 0 aliphatic heterocycles. The number of hydrogen-bond donors (Lipinski definition) is 1. The molecule has 0 bridgehead atoms. The number of thiophene rings is 1. The fourth-order valence-corrected chi connectivity index (χ4v) is 2.19. The minimum absolute atomic E-state index is 1.00. The summed E-state index contributed by atoms with van der Waals surface area (Å²) in [6.07, 6.45) is 3.46. The summed E-state index contributed by atoms with van der Waals surface area (Å²) in [5.41, 5.74) is 1.40. The molecule has 2 heteroatoms. The maximum atomic E-state index is 3.40. The van der Waals surface area contributed by atoms with Crippen molar-refractivity contribution in [3.05, 3.63) is 27.5 Å². The molecule has 1 rings (SSSR count). The molecule has 0 saturated carbocycles. The smallest absolute Gasteiger partial charge is 0.0273 e. The van der Waals surface area contributed by atoms with Gasteiger partial charge in [0, 0.05) is 16.3 Å². The van der Waals surface area contributed by atoms with E-state index in [4.69, 9.17) is 0 Å². The SMILES string of the molecule is CCCNCC(C)=Cc1ccc(C)s1. The second-order valence-electron chi connectivity index (χ2n) is 3.62. The highest BCUT2D eigenvalue weighted by Crippen LogP contribution is 2.17. The van der Waals surface area contributed by atoms with Crippen LogP contribution in [0.15, 0.2) is 17.7 Å². The Bertz CT molecular complexity index is 299. The van der Waals surface area contributed by atoms with E-state index in [0.717, 1.165) is 13.1 Å².